The number of amides is 6. The number of hydrogen-bond donors (Lipinski definition) is 0. The lowest BCUT2D eigenvalue weighted by atomic mass is 9.82. The fourth-order valence-corrected chi connectivity index (χ4v) is 9.90. The third kappa shape index (κ3) is 8.31. The Labute approximate surface area is 392 Å². The standard InChI is InChI=1S/C57H66N6O3/c1-12-25-45-46-33-30-44(38-51(46)57(10,11)52(45)39-58(13-2)53(64)59(14-3)40-26-21-19-22-27-40)63(18-7)55(66)62(17-6)43-32-35-48-47-34-31-42(36-49(47)56(8,9)50(48)37-43)61(16-5)54(65)60(15-4)41-28-23-20-24-29-41/h12,19-39H,1,13-18H2,2-11H3/b45-25-,52-39+. The summed E-state index contributed by atoms with van der Waals surface area (Å²) in [7, 11) is 0. The van der Waals surface area contributed by atoms with Crippen molar-refractivity contribution in [2.75, 3.05) is 63.8 Å². The molecule has 0 atom stereocenters. The van der Waals surface area contributed by atoms with Crippen LogP contribution in [0.4, 0.5) is 42.8 Å². The van der Waals surface area contributed by atoms with Crippen LogP contribution < -0.4 is 24.5 Å². The van der Waals surface area contributed by atoms with Crippen molar-refractivity contribution in [1.29, 1.82) is 0 Å². The molecule has 0 aromatic heterocycles. The molecule has 0 heterocycles. The van der Waals surface area contributed by atoms with E-state index in [9.17, 15) is 14.4 Å². The molecular weight excluding hydrogens is 817 g/mol. The number of allylic oxidation sites excluding steroid dienone is 4. The van der Waals surface area contributed by atoms with Gasteiger partial charge in [0.05, 0.1) is 0 Å². The summed E-state index contributed by atoms with van der Waals surface area (Å²) in [5, 5.41) is 0. The van der Waals surface area contributed by atoms with E-state index in [0.717, 1.165) is 73.0 Å². The zero-order valence-corrected chi connectivity index (χ0v) is 40.6. The fourth-order valence-electron chi connectivity index (χ4n) is 9.90. The first-order valence-electron chi connectivity index (χ1n) is 23.6. The van der Waals surface area contributed by atoms with Gasteiger partial charge in [0.15, 0.2) is 0 Å². The van der Waals surface area contributed by atoms with Crippen LogP contribution in [0, 0.1) is 0 Å². The maximum Gasteiger partial charge on any atom is 0.328 e. The van der Waals surface area contributed by atoms with E-state index in [0.29, 0.717) is 39.3 Å². The topological polar surface area (TPSA) is 70.7 Å². The van der Waals surface area contributed by atoms with Crippen LogP contribution in [0.25, 0.3) is 16.7 Å². The quantitative estimate of drug-likeness (QED) is 0.118. The molecule has 5 aromatic carbocycles. The van der Waals surface area contributed by atoms with Crippen LogP contribution in [0.1, 0.15) is 91.5 Å². The average Bonchev–Trinajstić information content (AvgIpc) is 3.67. The van der Waals surface area contributed by atoms with Crippen molar-refractivity contribution in [1.82, 2.24) is 4.90 Å². The van der Waals surface area contributed by atoms with Crippen molar-refractivity contribution in [3.8, 4) is 11.1 Å². The van der Waals surface area contributed by atoms with Gasteiger partial charge in [0, 0.05) is 84.7 Å². The van der Waals surface area contributed by atoms with E-state index in [1.807, 2.05) is 140 Å². The zero-order valence-electron chi connectivity index (χ0n) is 40.6. The zero-order chi connectivity index (χ0) is 47.5. The molecule has 342 valence electrons. The summed E-state index contributed by atoms with van der Waals surface area (Å²) < 4.78 is 0. The van der Waals surface area contributed by atoms with Gasteiger partial charge in [-0.2, -0.15) is 0 Å². The van der Waals surface area contributed by atoms with E-state index in [1.165, 1.54) is 0 Å². The maximum absolute atomic E-state index is 14.9. The van der Waals surface area contributed by atoms with Gasteiger partial charge in [0.25, 0.3) is 0 Å². The molecule has 0 bridgehead atoms. The number of carbonyl (C=O) groups excluding carboxylic acids is 3. The van der Waals surface area contributed by atoms with Gasteiger partial charge < -0.3 is 4.90 Å². The number of anilines is 5. The number of rotatable bonds is 13. The first-order valence-corrected chi connectivity index (χ1v) is 23.6. The second-order valence-electron chi connectivity index (χ2n) is 17.8. The maximum atomic E-state index is 14.9. The molecule has 0 fully saturated rings. The van der Waals surface area contributed by atoms with Crippen molar-refractivity contribution in [3.63, 3.8) is 0 Å². The molecule has 5 aromatic rings. The molecule has 0 N–H and O–H groups in total. The molecule has 0 unspecified atom stereocenters. The van der Waals surface area contributed by atoms with Crippen LogP contribution in [0.2, 0.25) is 0 Å². The lowest BCUT2D eigenvalue weighted by Gasteiger charge is -2.32. The summed E-state index contributed by atoms with van der Waals surface area (Å²) in [6.45, 7) is 28.0. The second kappa shape index (κ2) is 19.3. The molecule has 9 nitrogen and oxygen atoms in total. The van der Waals surface area contributed by atoms with E-state index in [-0.39, 0.29) is 18.1 Å². The molecule has 7 rings (SSSR count). The molecular formula is C57H66N6O3. The molecule has 66 heavy (non-hydrogen) atoms. The Morgan fingerprint density at radius 2 is 0.818 bits per heavy atom. The Hall–Kier alpha value is -6.87. The number of fused-ring (bicyclic) bond motifs is 4. The predicted octanol–water partition coefficient (Wildman–Crippen LogP) is 13.7. The van der Waals surface area contributed by atoms with Crippen molar-refractivity contribution < 1.29 is 14.4 Å². The third-order valence-electron chi connectivity index (χ3n) is 13.5. The summed E-state index contributed by atoms with van der Waals surface area (Å²) in [6, 6.07) is 38.3. The predicted molar refractivity (Wildman–Crippen MR) is 276 cm³/mol. The Kier molecular flexibility index (Phi) is 13.8. The lowest BCUT2D eigenvalue weighted by Crippen LogP contribution is -2.43. The molecule has 9 heteroatoms. The van der Waals surface area contributed by atoms with Gasteiger partial charge in [-0.25, -0.2) is 14.4 Å². The molecule has 0 saturated carbocycles. The molecule has 0 saturated heterocycles. The van der Waals surface area contributed by atoms with Crippen LogP contribution in [0.15, 0.2) is 146 Å². The van der Waals surface area contributed by atoms with Gasteiger partial charge in [-0.15, -0.1) is 0 Å². The number of hydrogen-bond acceptors (Lipinski definition) is 3. The molecule has 6 amide bonds. The van der Waals surface area contributed by atoms with Crippen molar-refractivity contribution in [2.45, 2.75) is 80.1 Å². The summed E-state index contributed by atoms with van der Waals surface area (Å²) in [5.74, 6) is 0. The van der Waals surface area contributed by atoms with Crippen molar-refractivity contribution in [3.05, 3.63) is 168 Å². The number of carbonyl (C=O) groups is 3. The smallest absolute Gasteiger partial charge is 0.301 e. The average molecular weight is 883 g/mol. The monoisotopic (exact) mass is 883 g/mol. The Morgan fingerprint density at radius 1 is 0.455 bits per heavy atom. The minimum atomic E-state index is -0.496. The summed E-state index contributed by atoms with van der Waals surface area (Å²) >= 11 is 0. The van der Waals surface area contributed by atoms with Crippen LogP contribution >= 0.6 is 0 Å². The Bertz CT molecular complexity index is 2680. The highest BCUT2D eigenvalue weighted by Gasteiger charge is 2.41. The highest BCUT2D eigenvalue weighted by Crippen LogP contribution is 2.52. The summed E-state index contributed by atoms with van der Waals surface area (Å²) in [4.78, 5) is 54.0. The molecule has 2 aliphatic carbocycles. The highest BCUT2D eigenvalue weighted by atomic mass is 16.2. The fraction of sp³-hybridized carbons (Fsp3) is 0.316. The van der Waals surface area contributed by atoms with Crippen LogP contribution in [-0.4, -0.2) is 62.3 Å². The first kappa shape index (κ1) is 47.1. The van der Waals surface area contributed by atoms with Gasteiger partial charge in [-0.05, 0) is 147 Å². The van der Waals surface area contributed by atoms with Gasteiger partial charge in [0.1, 0.15) is 0 Å². The first-order chi connectivity index (χ1) is 31.7. The largest absolute Gasteiger partial charge is 0.328 e. The van der Waals surface area contributed by atoms with Crippen LogP contribution in [0.5, 0.6) is 0 Å². The Balaban J connectivity index is 1.17. The number of urea groups is 3. The van der Waals surface area contributed by atoms with E-state index in [2.05, 4.69) is 82.8 Å². The summed E-state index contributed by atoms with van der Waals surface area (Å²) in [5.41, 5.74) is 12.0. The van der Waals surface area contributed by atoms with Crippen molar-refractivity contribution in [2.24, 2.45) is 0 Å². The number of nitrogens with zero attached hydrogens (tertiary/aromatic N) is 6. The van der Waals surface area contributed by atoms with Crippen molar-refractivity contribution >= 4 is 52.1 Å². The normalized spacial score (nSPS) is 15.1. The SMILES string of the molecule is C=C/C=C1\C(=C/N(CC)C(=O)N(CC)c2ccccc2)C(C)(C)c2cc(N(CC)C(=O)N(CC)c3ccc4c(c3)C(C)(C)c3cc(N(CC)C(=O)N(CC)c5ccccc5)ccc3-4)ccc21. The minimum Gasteiger partial charge on any atom is -0.301 e. The van der Waals surface area contributed by atoms with E-state index in [1.54, 1.807) is 15.9 Å². The number of para-hydroxylation sites is 2. The number of benzene rings is 5. The third-order valence-corrected chi connectivity index (χ3v) is 13.5. The molecule has 2 aliphatic rings. The second-order valence-corrected chi connectivity index (χ2v) is 17.8. The lowest BCUT2D eigenvalue weighted by molar-refractivity contribution is 0.223. The van der Waals surface area contributed by atoms with E-state index < -0.39 is 10.8 Å². The van der Waals surface area contributed by atoms with Gasteiger partial charge in [-0.3, -0.25) is 24.5 Å². The van der Waals surface area contributed by atoms with Gasteiger partial charge >= 0.3 is 18.1 Å². The van der Waals surface area contributed by atoms with Crippen LogP contribution in [0.3, 0.4) is 0 Å². The van der Waals surface area contributed by atoms with E-state index >= 15 is 0 Å². The van der Waals surface area contributed by atoms with Gasteiger partial charge in [-0.1, -0.05) is 101 Å². The molecule has 0 aliphatic heterocycles. The summed E-state index contributed by atoms with van der Waals surface area (Å²) in [6.07, 6.45) is 5.82. The van der Waals surface area contributed by atoms with E-state index in [4.69, 9.17) is 0 Å². The Morgan fingerprint density at radius 3 is 1.20 bits per heavy atom. The molecule has 0 radical (unpaired) electrons. The minimum absolute atomic E-state index is 0.0607. The van der Waals surface area contributed by atoms with Crippen LogP contribution in [-0.2, 0) is 10.8 Å². The molecule has 0 spiro atoms. The highest BCUT2D eigenvalue weighted by molar-refractivity contribution is 6.06. The van der Waals surface area contributed by atoms with Gasteiger partial charge in [0.2, 0.25) is 0 Å².